The van der Waals surface area contributed by atoms with Crippen molar-refractivity contribution in [2.75, 3.05) is 12.3 Å². The van der Waals surface area contributed by atoms with Crippen molar-refractivity contribution in [3.8, 4) is 0 Å². The monoisotopic (exact) mass is 272 g/mol. The van der Waals surface area contributed by atoms with E-state index in [-0.39, 0.29) is 11.9 Å². The number of amides is 1. The van der Waals surface area contributed by atoms with Crippen LogP contribution in [0.25, 0.3) is 0 Å². The summed E-state index contributed by atoms with van der Waals surface area (Å²) in [6, 6.07) is -0.140. The van der Waals surface area contributed by atoms with Gasteiger partial charge >= 0.3 is 0 Å². The van der Waals surface area contributed by atoms with Crippen LogP contribution in [0, 0.1) is 5.92 Å². The highest BCUT2D eigenvalue weighted by Crippen LogP contribution is 2.32. The van der Waals surface area contributed by atoms with Gasteiger partial charge in [-0.15, -0.1) is 0 Å². The highest BCUT2D eigenvalue weighted by molar-refractivity contribution is 7.99. The van der Waals surface area contributed by atoms with Crippen LogP contribution in [0.5, 0.6) is 0 Å². The molecule has 0 aromatic rings. The second-order valence-corrected chi connectivity index (χ2v) is 6.87. The number of nitrogens with one attached hydrogen (secondary N) is 1. The molecule has 0 aromatic heterocycles. The SMILES string of the molecule is CCCNC(CCSC1CCCC(C)C1)C(N)=O. The van der Waals surface area contributed by atoms with E-state index in [1.54, 1.807) is 0 Å². The number of carbonyl (C=O) groups is 1. The van der Waals surface area contributed by atoms with Crippen molar-refractivity contribution in [1.82, 2.24) is 5.32 Å². The molecule has 106 valence electrons. The van der Waals surface area contributed by atoms with Gasteiger partial charge in [-0.25, -0.2) is 0 Å². The Hall–Kier alpha value is -0.220. The first-order valence-corrected chi connectivity index (χ1v) is 8.32. The van der Waals surface area contributed by atoms with Gasteiger partial charge in [-0.1, -0.05) is 26.7 Å². The van der Waals surface area contributed by atoms with Gasteiger partial charge in [-0.05, 0) is 43.9 Å². The van der Waals surface area contributed by atoms with Crippen LogP contribution < -0.4 is 11.1 Å². The van der Waals surface area contributed by atoms with Crippen LogP contribution in [0.15, 0.2) is 0 Å². The molecular formula is C14H28N2OS. The van der Waals surface area contributed by atoms with Crippen LogP contribution in [0.2, 0.25) is 0 Å². The minimum atomic E-state index is -0.207. The van der Waals surface area contributed by atoms with Crippen LogP contribution in [0.3, 0.4) is 0 Å². The van der Waals surface area contributed by atoms with E-state index in [0.29, 0.717) is 0 Å². The molecule has 0 radical (unpaired) electrons. The van der Waals surface area contributed by atoms with E-state index in [9.17, 15) is 4.79 Å². The third-order valence-corrected chi connectivity index (χ3v) is 5.00. The Morgan fingerprint density at radius 3 is 2.89 bits per heavy atom. The summed E-state index contributed by atoms with van der Waals surface area (Å²) in [5.74, 6) is 1.71. The van der Waals surface area contributed by atoms with E-state index in [2.05, 4.69) is 19.2 Å². The average Bonchev–Trinajstić information content (AvgIpc) is 2.33. The van der Waals surface area contributed by atoms with Crippen molar-refractivity contribution in [3.05, 3.63) is 0 Å². The molecular weight excluding hydrogens is 244 g/mol. The molecule has 0 aliphatic heterocycles. The van der Waals surface area contributed by atoms with Crippen LogP contribution in [-0.2, 0) is 4.79 Å². The zero-order valence-electron chi connectivity index (χ0n) is 11.8. The summed E-state index contributed by atoms with van der Waals surface area (Å²) in [5.41, 5.74) is 5.41. The van der Waals surface area contributed by atoms with Crippen molar-refractivity contribution < 1.29 is 4.79 Å². The highest BCUT2D eigenvalue weighted by Gasteiger charge is 2.20. The highest BCUT2D eigenvalue weighted by atomic mass is 32.2. The fraction of sp³-hybridized carbons (Fsp3) is 0.929. The standard InChI is InChI=1S/C14H28N2OS/c1-3-8-16-13(14(15)17)7-9-18-12-6-4-5-11(2)10-12/h11-13,16H,3-10H2,1-2H3,(H2,15,17). The molecule has 1 aliphatic rings. The normalized spacial score (nSPS) is 25.9. The molecule has 0 heterocycles. The van der Waals surface area contributed by atoms with Crippen molar-refractivity contribution in [1.29, 1.82) is 0 Å². The van der Waals surface area contributed by atoms with E-state index in [0.717, 1.165) is 36.3 Å². The van der Waals surface area contributed by atoms with Gasteiger partial charge in [0.2, 0.25) is 5.91 Å². The molecule has 1 aliphatic carbocycles. The number of nitrogens with two attached hydrogens (primary N) is 1. The lowest BCUT2D eigenvalue weighted by Crippen LogP contribution is -2.42. The van der Waals surface area contributed by atoms with E-state index in [1.807, 2.05) is 11.8 Å². The first-order chi connectivity index (χ1) is 8.63. The molecule has 0 saturated heterocycles. The smallest absolute Gasteiger partial charge is 0.234 e. The molecule has 1 saturated carbocycles. The summed E-state index contributed by atoms with van der Waals surface area (Å²) in [5, 5.41) is 4.03. The second-order valence-electron chi connectivity index (χ2n) is 5.46. The number of carbonyl (C=O) groups excluding carboxylic acids is 1. The van der Waals surface area contributed by atoms with Crippen molar-refractivity contribution in [2.45, 2.75) is 63.7 Å². The third kappa shape index (κ3) is 6.10. The Morgan fingerprint density at radius 1 is 1.50 bits per heavy atom. The molecule has 18 heavy (non-hydrogen) atoms. The van der Waals surface area contributed by atoms with Gasteiger partial charge < -0.3 is 11.1 Å². The summed E-state index contributed by atoms with van der Waals surface area (Å²) in [6.07, 6.45) is 7.35. The van der Waals surface area contributed by atoms with Gasteiger partial charge in [0.25, 0.3) is 0 Å². The van der Waals surface area contributed by atoms with Gasteiger partial charge in [0.15, 0.2) is 0 Å². The number of primary amides is 1. The lowest BCUT2D eigenvalue weighted by molar-refractivity contribution is -0.120. The summed E-state index contributed by atoms with van der Waals surface area (Å²) in [6.45, 7) is 5.32. The number of rotatable bonds is 8. The Labute approximate surface area is 116 Å². The lowest BCUT2D eigenvalue weighted by atomic mass is 9.91. The van der Waals surface area contributed by atoms with Gasteiger partial charge in [-0.3, -0.25) is 4.79 Å². The topological polar surface area (TPSA) is 55.1 Å². The molecule has 3 atom stereocenters. The maximum Gasteiger partial charge on any atom is 0.234 e. The van der Waals surface area contributed by atoms with E-state index in [4.69, 9.17) is 5.73 Å². The quantitative estimate of drug-likeness (QED) is 0.714. The number of hydrogen-bond acceptors (Lipinski definition) is 3. The molecule has 1 amide bonds. The molecule has 4 heteroatoms. The molecule has 3 nitrogen and oxygen atoms in total. The summed E-state index contributed by atoms with van der Waals surface area (Å²) in [7, 11) is 0. The van der Waals surface area contributed by atoms with Crippen LogP contribution in [-0.4, -0.2) is 29.5 Å². The Morgan fingerprint density at radius 2 is 2.28 bits per heavy atom. The molecule has 0 bridgehead atoms. The van der Waals surface area contributed by atoms with Crippen LogP contribution >= 0.6 is 11.8 Å². The Kier molecular flexibility index (Phi) is 7.75. The second kappa shape index (κ2) is 8.81. The summed E-state index contributed by atoms with van der Waals surface area (Å²) >= 11 is 2.03. The van der Waals surface area contributed by atoms with Crippen molar-refractivity contribution in [2.24, 2.45) is 11.7 Å². The zero-order chi connectivity index (χ0) is 13.4. The van der Waals surface area contributed by atoms with E-state index < -0.39 is 0 Å². The maximum absolute atomic E-state index is 11.3. The largest absolute Gasteiger partial charge is 0.368 e. The minimum absolute atomic E-state index is 0.140. The van der Waals surface area contributed by atoms with Crippen LogP contribution in [0.4, 0.5) is 0 Å². The first-order valence-electron chi connectivity index (χ1n) is 7.27. The minimum Gasteiger partial charge on any atom is -0.368 e. The molecule has 3 N–H and O–H groups in total. The van der Waals surface area contributed by atoms with Gasteiger partial charge in [0.05, 0.1) is 6.04 Å². The average molecular weight is 272 g/mol. The van der Waals surface area contributed by atoms with Gasteiger partial charge in [0, 0.05) is 5.25 Å². The lowest BCUT2D eigenvalue weighted by Gasteiger charge is -2.26. The van der Waals surface area contributed by atoms with Crippen LogP contribution in [0.1, 0.15) is 52.4 Å². The molecule has 1 rings (SSSR count). The Balaban J connectivity index is 2.19. The number of thioether (sulfide) groups is 1. The fourth-order valence-electron chi connectivity index (χ4n) is 2.55. The summed E-state index contributed by atoms with van der Waals surface area (Å²) < 4.78 is 0. The zero-order valence-corrected chi connectivity index (χ0v) is 12.6. The fourth-order valence-corrected chi connectivity index (χ4v) is 4.05. The maximum atomic E-state index is 11.3. The third-order valence-electron chi connectivity index (χ3n) is 3.63. The summed E-state index contributed by atoms with van der Waals surface area (Å²) in [4.78, 5) is 11.3. The predicted molar refractivity (Wildman–Crippen MR) is 79.8 cm³/mol. The Bertz CT molecular complexity index is 248. The predicted octanol–water partition coefficient (Wildman–Crippen LogP) is 2.54. The van der Waals surface area contributed by atoms with Crippen molar-refractivity contribution in [3.63, 3.8) is 0 Å². The van der Waals surface area contributed by atoms with E-state index >= 15 is 0 Å². The van der Waals surface area contributed by atoms with E-state index in [1.165, 1.54) is 25.7 Å². The molecule has 1 fully saturated rings. The van der Waals surface area contributed by atoms with Crippen molar-refractivity contribution >= 4 is 17.7 Å². The van der Waals surface area contributed by atoms with Gasteiger partial charge in [-0.2, -0.15) is 11.8 Å². The van der Waals surface area contributed by atoms with Gasteiger partial charge in [0.1, 0.15) is 0 Å². The molecule has 0 spiro atoms. The first kappa shape index (κ1) is 15.8. The molecule has 3 unspecified atom stereocenters. The molecule has 0 aromatic carbocycles. The number of hydrogen-bond donors (Lipinski definition) is 2.